The third kappa shape index (κ3) is 3.45. The molecule has 0 aliphatic rings. The summed E-state index contributed by atoms with van der Waals surface area (Å²) < 4.78 is 10.1. The highest BCUT2D eigenvalue weighted by Gasteiger charge is 2.18. The van der Waals surface area contributed by atoms with Crippen LogP contribution in [0.2, 0.25) is 0 Å². The molecule has 5 nitrogen and oxygen atoms in total. The molecule has 2 rings (SSSR count). The van der Waals surface area contributed by atoms with E-state index in [9.17, 15) is 9.59 Å². The van der Waals surface area contributed by atoms with E-state index in [1.807, 2.05) is 0 Å². The molecule has 0 saturated carbocycles. The normalized spacial score (nSPS) is 10.0. The van der Waals surface area contributed by atoms with Gasteiger partial charge in [-0.05, 0) is 36.4 Å². The fraction of sp³-hybridized carbons (Fsp3) is 0.188. The maximum Gasteiger partial charge on any atom is 0.192 e. The highest BCUT2D eigenvalue weighted by molar-refractivity contribution is 6.13. The largest absolute Gasteiger partial charge is 0.497 e. The molecule has 0 unspecified atom stereocenters. The van der Waals surface area contributed by atoms with E-state index in [0.29, 0.717) is 17.1 Å². The number of nitrogens with zero attached hydrogens (tertiary/aromatic N) is 1. The molecule has 0 fully saturated rings. The van der Waals surface area contributed by atoms with Crippen molar-refractivity contribution in [3.8, 4) is 11.5 Å². The van der Waals surface area contributed by atoms with Crippen molar-refractivity contribution in [3.63, 3.8) is 0 Å². The summed E-state index contributed by atoms with van der Waals surface area (Å²) in [6, 6.07) is 9.92. The van der Waals surface area contributed by atoms with Crippen molar-refractivity contribution >= 4 is 11.6 Å². The zero-order valence-corrected chi connectivity index (χ0v) is 11.8. The van der Waals surface area contributed by atoms with Gasteiger partial charge in [-0.15, -0.1) is 0 Å². The number of aromatic nitrogens is 1. The highest BCUT2D eigenvalue weighted by Crippen LogP contribution is 2.18. The van der Waals surface area contributed by atoms with Crippen LogP contribution in [0, 0.1) is 0 Å². The highest BCUT2D eigenvalue weighted by atomic mass is 16.5. The monoisotopic (exact) mass is 285 g/mol. The second-order valence-corrected chi connectivity index (χ2v) is 4.31. The van der Waals surface area contributed by atoms with Gasteiger partial charge in [-0.25, -0.2) is 4.98 Å². The van der Waals surface area contributed by atoms with Crippen molar-refractivity contribution in [2.75, 3.05) is 14.2 Å². The van der Waals surface area contributed by atoms with Gasteiger partial charge in [-0.1, -0.05) is 0 Å². The lowest BCUT2D eigenvalue weighted by Crippen LogP contribution is -2.11. The molecule has 1 aromatic carbocycles. The quantitative estimate of drug-likeness (QED) is 0.603. The van der Waals surface area contributed by atoms with Crippen LogP contribution in [-0.4, -0.2) is 30.8 Å². The molecule has 0 aliphatic heterocycles. The molecule has 21 heavy (non-hydrogen) atoms. The van der Waals surface area contributed by atoms with Crippen molar-refractivity contribution in [1.82, 2.24) is 4.98 Å². The predicted octanol–water partition coefficient (Wildman–Crippen LogP) is 2.55. The van der Waals surface area contributed by atoms with Crippen LogP contribution >= 0.6 is 0 Å². The number of ketones is 2. The van der Waals surface area contributed by atoms with Gasteiger partial charge in [0.1, 0.15) is 17.2 Å². The summed E-state index contributed by atoms with van der Waals surface area (Å²) in [7, 11) is 3.01. The summed E-state index contributed by atoms with van der Waals surface area (Å²) in [4.78, 5) is 28.2. The number of hydrogen-bond donors (Lipinski definition) is 0. The van der Waals surface area contributed by atoms with Gasteiger partial charge in [0.25, 0.3) is 0 Å². The SMILES string of the molecule is COc1ccc(C(=O)CC(=O)c2ncccc2OC)cc1. The predicted molar refractivity (Wildman–Crippen MR) is 77.1 cm³/mol. The number of benzene rings is 1. The first-order chi connectivity index (χ1) is 10.2. The van der Waals surface area contributed by atoms with Gasteiger partial charge in [0.15, 0.2) is 11.6 Å². The van der Waals surface area contributed by atoms with Gasteiger partial charge in [-0.3, -0.25) is 9.59 Å². The van der Waals surface area contributed by atoms with E-state index in [4.69, 9.17) is 9.47 Å². The van der Waals surface area contributed by atoms with Crippen molar-refractivity contribution in [2.45, 2.75) is 6.42 Å². The average Bonchev–Trinajstić information content (AvgIpc) is 2.54. The van der Waals surface area contributed by atoms with Crippen LogP contribution in [0.1, 0.15) is 27.3 Å². The Morgan fingerprint density at radius 2 is 1.71 bits per heavy atom. The molecule has 108 valence electrons. The van der Waals surface area contributed by atoms with Crippen LogP contribution in [0.5, 0.6) is 11.5 Å². The van der Waals surface area contributed by atoms with Gasteiger partial charge in [-0.2, -0.15) is 0 Å². The lowest BCUT2D eigenvalue weighted by Gasteiger charge is -2.06. The molecular weight excluding hydrogens is 270 g/mol. The summed E-state index contributed by atoms with van der Waals surface area (Å²) in [5.74, 6) is 0.387. The number of pyridine rings is 1. The molecule has 1 aromatic heterocycles. The van der Waals surface area contributed by atoms with Crippen molar-refractivity contribution in [3.05, 3.63) is 53.9 Å². The molecule has 0 N–H and O–H groups in total. The Morgan fingerprint density at radius 3 is 2.33 bits per heavy atom. The number of methoxy groups -OCH3 is 2. The molecule has 0 radical (unpaired) electrons. The van der Waals surface area contributed by atoms with Crippen molar-refractivity contribution < 1.29 is 19.1 Å². The molecule has 0 amide bonds. The Balaban J connectivity index is 2.13. The van der Waals surface area contributed by atoms with Crippen LogP contribution in [-0.2, 0) is 0 Å². The zero-order chi connectivity index (χ0) is 15.2. The number of ether oxygens (including phenoxy) is 2. The maximum absolute atomic E-state index is 12.1. The maximum atomic E-state index is 12.1. The summed E-state index contributed by atoms with van der Waals surface area (Å²) in [6.07, 6.45) is 1.24. The van der Waals surface area contributed by atoms with E-state index >= 15 is 0 Å². The Morgan fingerprint density at radius 1 is 1.00 bits per heavy atom. The van der Waals surface area contributed by atoms with E-state index < -0.39 is 0 Å². The second-order valence-electron chi connectivity index (χ2n) is 4.31. The first kappa shape index (κ1) is 14.7. The summed E-state index contributed by atoms with van der Waals surface area (Å²) in [5.41, 5.74) is 0.626. The summed E-state index contributed by atoms with van der Waals surface area (Å²) in [5, 5.41) is 0. The first-order valence-electron chi connectivity index (χ1n) is 6.35. The van der Waals surface area contributed by atoms with Gasteiger partial charge in [0.05, 0.1) is 20.6 Å². The number of hydrogen-bond acceptors (Lipinski definition) is 5. The third-order valence-electron chi connectivity index (χ3n) is 2.99. The van der Waals surface area contributed by atoms with Crippen LogP contribution in [0.15, 0.2) is 42.6 Å². The molecule has 0 spiro atoms. The first-order valence-corrected chi connectivity index (χ1v) is 6.35. The fourth-order valence-electron chi connectivity index (χ4n) is 1.87. The lowest BCUT2D eigenvalue weighted by molar-refractivity contribution is 0.0890. The summed E-state index contributed by atoms with van der Waals surface area (Å²) >= 11 is 0. The second kappa shape index (κ2) is 6.65. The minimum absolute atomic E-state index is 0.168. The molecule has 2 aromatic rings. The Labute approximate surface area is 122 Å². The third-order valence-corrected chi connectivity index (χ3v) is 2.99. The van der Waals surface area contributed by atoms with Crippen LogP contribution < -0.4 is 9.47 Å². The number of Topliss-reactive ketones (excluding diaryl/α,β-unsaturated/α-hetero) is 2. The molecule has 0 aliphatic carbocycles. The number of carbonyl (C=O) groups excluding carboxylic acids is 2. The molecule has 0 atom stereocenters. The Hall–Kier alpha value is -2.69. The molecule has 0 bridgehead atoms. The fourth-order valence-corrected chi connectivity index (χ4v) is 1.87. The van der Waals surface area contributed by atoms with Gasteiger partial charge in [0.2, 0.25) is 0 Å². The standard InChI is InChI=1S/C16H15NO4/c1-20-12-7-5-11(6-8-12)13(18)10-14(19)16-15(21-2)4-3-9-17-16/h3-9H,10H2,1-2H3. The van der Waals surface area contributed by atoms with Crippen LogP contribution in [0.25, 0.3) is 0 Å². The summed E-state index contributed by atoms with van der Waals surface area (Å²) in [6.45, 7) is 0. The van der Waals surface area contributed by atoms with Gasteiger partial charge in [0, 0.05) is 11.8 Å². The minimum Gasteiger partial charge on any atom is -0.497 e. The van der Waals surface area contributed by atoms with Gasteiger partial charge >= 0.3 is 0 Å². The zero-order valence-electron chi connectivity index (χ0n) is 11.8. The van der Waals surface area contributed by atoms with Crippen LogP contribution in [0.3, 0.4) is 0 Å². The van der Waals surface area contributed by atoms with E-state index in [1.165, 1.54) is 13.3 Å². The van der Waals surface area contributed by atoms with Gasteiger partial charge < -0.3 is 9.47 Å². The van der Waals surface area contributed by atoms with E-state index in [2.05, 4.69) is 4.98 Å². The Kier molecular flexibility index (Phi) is 4.66. The molecule has 1 heterocycles. The average molecular weight is 285 g/mol. The topological polar surface area (TPSA) is 65.5 Å². The number of rotatable bonds is 6. The van der Waals surface area contributed by atoms with Crippen molar-refractivity contribution in [1.29, 1.82) is 0 Å². The minimum atomic E-state index is -0.367. The molecule has 5 heteroatoms. The van der Waals surface area contributed by atoms with E-state index in [-0.39, 0.29) is 23.7 Å². The van der Waals surface area contributed by atoms with Crippen molar-refractivity contribution in [2.24, 2.45) is 0 Å². The Bertz CT molecular complexity index is 650. The van der Waals surface area contributed by atoms with Crippen LogP contribution in [0.4, 0.5) is 0 Å². The van der Waals surface area contributed by atoms with E-state index in [1.54, 1.807) is 43.5 Å². The van der Waals surface area contributed by atoms with E-state index in [0.717, 1.165) is 0 Å². The number of carbonyl (C=O) groups is 2. The molecular formula is C16H15NO4. The smallest absolute Gasteiger partial charge is 0.192 e. The lowest BCUT2D eigenvalue weighted by atomic mass is 10.0. The molecule has 0 saturated heterocycles.